The lowest BCUT2D eigenvalue weighted by Crippen LogP contribution is -2.35. The molecule has 0 aliphatic heterocycles. The Labute approximate surface area is 129 Å². The molecule has 0 unspecified atom stereocenters. The highest BCUT2D eigenvalue weighted by Gasteiger charge is 2.19. The number of hydrogen-bond acceptors (Lipinski definition) is 2. The van der Waals surface area contributed by atoms with Crippen molar-refractivity contribution < 1.29 is 0 Å². The Bertz CT molecular complexity index is 878. The Hall–Kier alpha value is -2.74. The lowest BCUT2D eigenvalue weighted by atomic mass is 9.93. The summed E-state index contributed by atoms with van der Waals surface area (Å²) in [5.74, 6) is 0. The van der Waals surface area contributed by atoms with E-state index in [0.717, 1.165) is 17.5 Å². The van der Waals surface area contributed by atoms with E-state index >= 15 is 0 Å². The summed E-state index contributed by atoms with van der Waals surface area (Å²) in [5, 5.41) is 0. The van der Waals surface area contributed by atoms with Gasteiger partial charge in [0, 0.05) is 11.1 Å². The van der Waals surface area contributed by atoms with Crippen molar-refractivity contribution in [2.75, 3.05) is 0 Å². The molecule has 3 aromatic rings. The van der Waals surface area contributed by atoms with E-state index in [-0.39, 0.29) is 0 Å². The SMILES string of the molecule is CCc1ccc(/C=C/c2c(-c3ccccc3)c(=O)c2=O)cc1. The van der Waals surface area contributed by atoms with Crippen molar-refractivity contribution in [3.05, 3.63) is 91.7 Å². The predicted molar refractivity (Wildman–Crippen MR) is 91.5 cm³/mol. The molecule has 0 aromatic heterocycles. The van der Waals surface area contributed by atoms with E-state index in [1.165, 1.54) is 5.56 Å². The van der Waals surface area contributed by atoms with Crippen LogP contribution in [-0.2, 0) is 6.42 Å². The maximum atomic E-state index is 11.8. The molecule has 0 atom stereocenters. The summed E-state index contributed by atoms with van der Waals surface area (Å²) in [5.41, 5.74) is 3.31. The van der Waals surface area contributed by atoms with Crippen molar-refractivity contribution in [1.29, 1.82) is 0 Å². The highest BCUT2D eigenvalue weighted by atomic mass is 16.2. The van der Waals surface area contributed by atoms with Crippen LogP contribution in [0.3, 0.4) is 0 Å². The number of rotatable bonds is 4. The van der Waals surface area contributed by atoms with E-state index in [4.69, 9.17) is 0 Å². The van der Waals surface area contributed by atoms with Gasteiger partial charge in [0.1, 0.15) is 0 Å². The topological polar surface area (TPSA) is 34.1 Å². The Morgan fingerprint density at radius 3 is 2.14 bits per heavy atom. The number of aryl methyl sites for hydroxylation is 1. The minimum absolute atomic E-state index is 0.396. The van der Waals surface area contributed by atoms with Crippen LogP contribution in [-0.4, -0.2) is 0 Å². The van der Waals surface area contributed by atoms with Gasteiger partial charge in [0.15, 0.2) is 0 Å². The summed E-state index contributed by atoms with van der Waals surface area (Å²) < 4.78 is 0. The number of benzene rings is 2. The second kappa shape index (κ2) is 5.94. The molecule has 108 valence electrons. The highest BCUT2D eigenvalue weighted by molar-refractivity contribution is 5.83. The molecule has 3 aromatic carbocycles. The van der Waals surface area contributed by atoms with Gasteiger partial charge in [-0.2, -0.15) is 0 Å². The average molecular weight is 288 g/mol. The molecule has 0 saturated heterocycles. The van der Waals surface area contributed by atoms with Gasteiger partial charge in [-0.3, -0.25) is 9.59 Å². The Balaban J connectivity index is 1.93. The van der Waals surface area contributed by atoms with Crippen molar-refractivity contribution in [2.24, 2.45) is 0 Å². The number of hydrogen-bond donors (Lipinski definition) is 0. The second-order valence-electron chi connectivity index (χ2n) is 5.24. The molecule has 22 heavy (non-hydrogen) atoms. The van der Waals surface area contributed by atoms with E-state index in [1.54, 1.807) is 6.08 Å². The summed E-state index contributed by atoms with van der Waals surface area (Å²) in [6.45, 7) is 2.11. The third-order valence-electron chi connectivity index (χ3n) is 3.84. The second-order valence-corrected chi connectivity index (χ2v) is 5.24. The zero-order valence-corrected chi connectivity index (χ0v) is 12.4. The van der Waals surface area contributed by atoms with Crippen LogP contribution in [0.5, 0.6) is 0 Å². The molecule has 0 aliphatic carbocycles. The van der Waals surface area contributed by atoms with Crippen LogP contribution in [0.1, 0.15) is 23.6 Å². The average Bonchev–Trinajstić information content (AvgIpc) is 2.59. The maximum Gasteiger partial charge on any atom is 0.234 e. The van der Waals surface area contributed by atoms with Crippen molar-refractivity contribution in [1.82, 2.24) is 0 Å². The van der Waals surface area contributed by atoms with Crippen LogP contribution in [0.2, 0.25) is 0 Å². The van der Waals surface area contributed by atoms with E-state index in [2.05, 4.69) is 19.1 Å². The van der Waals surface area contributed by atoms with Crippen molar-refractivity contribution in [3.63, 3.8) is 0 Å². The molecule has 0 aliphatic rings. The van der Waals surface area contributed by atoms with Gasteiger partial charge < -0.3 is 0 Å². The molecule has 0 fully saturated rings. The molecular weight excluding hydrogens is 272 g/mol. The molecular formula is C20H16O2. The van der Waals surface area contributed by atoms with Crippen LogP contribution in [0.15, 0.2) is 64.2 Å². The summed E-state index contributed by atoms with van der Waals surface area (Å²) in [6, 6.07) is 17.5. The predicted octanol–water partition coefficient (Wildman–Crippen LogP) is 3.68. The van der Waals surface area contributed by atoms with Crippen LogP contribution < -0.4 is 10.9 Å². The molecule has 2 nitrogen and oxygen atoms in total. The van der Waals surface area contributed by atoms with Gasteiger partial charge in [-0.05, 0) is 29.2 Å². The Morgan fingerprint density at radius 1 is 0.818 bits per heavy atom. The van der Waals surface area contributed by atoms with E-state index in [0.29, 0.717) is 11.1 Å². The summed E-state index contributed by atoms with van der Waals surface area (Å²) in [6.07, 6.45) is 4.62. The lowest BCUT2D eigenvalue weighted by Gasteiger charge is -2.07. The first kappa shape index (κ1) is 14.2. The minimum Gasteiger partial charge on any atom is -0.285 e. The van der Waals surface area contributed by atoms with Gasteiger partial charge in [0.25, 0.3) is 0 Å². The fourth-order valence-corrected chi connectivity index (χ4v) is 2.50. The first-order valence-corrected chi connectivity index (χ1v) is 7.36. The molecule has 0 amide bonds. The normalized spacial score (nSPS) is 11.3. The Morgan fingerprint density at radius 2 is 1.50 bits per heavy atom. The molecule has 0 N–H and O–H groups in total. The minimum atomic E-state index is -0.403. The van der Waals surface area contributed by atoms with Gasteiger partial charge in [0.2, 0.25) is 10.9 Å². The molecule has 3 rings (SSSR count). The van der Waals surface area contributed by atoms with E-state index in [1.807, 2.05) is 48.5 Å². The first-order chi connectivity index (χ1) is 10.7. The van der Waals surface area contributed by atoms with Gasteiger partial charge in [0.05, 0.1) is 0 Å². The van der Waals surface area contributed by atoms with Crippen molar-refractivity contribution in [3.8, 4) is 11.1 Å². The quantitative estimate of drug-likeness (QED) is 0.686. The van der Waals surface area contributed by atoms with Crippen LogP contribution in [0.25, 0.3) is 23.3 Å². The first-order valence-electron chi connectivity index (χ1n) is 7.36. The Kier molecular flexibility index (Phi) is 3.84. The third-order valence-corrected chi connectivity index (χ3v) is 3.84. The van der Waals surface area contributed by atoms with Gasteiger partial charge >= 0.3 is 0 Å². The van der Waals surface area contributed by atoms with E-state index < -0.39 is 10.9 Å². The summed E-state index contributed by atoms with van der Waals surface area (Å²) >= 11 is 0. The van der Waals surface area contributed by atoms with Gasteiger partial charge in [-0.15, -0.1) is 0 Å². The molecule has 0 saturated carbocycles. The molecule has 0 spiro atoms. The highest BCUT2D eigenvalue weighted by Crippen LogP contribution is 2.21. The van der Waals surface area contributed by atoms with Gasteiger partial charge in [-0.1, -0.05) is 67.6 Å². The third kappa shape index (κ3) is 2.56. The van der Waals surface area contributed by atoms with Crippen LogP contribution >= 0.6 is 0 Å². The van der Waals surface area contributed by atoms with Gasteiger partial charge in [-0.25, -0.2) is 0 Å². The fourth-order valence-electron chi connectivity index (χ4n) is 2.50. The van der Waals surface area contributed by atoms with Crippen molar-refractivity contribution in [2.45, 2.75) is 13.3 Å². The summed E-state index contributed by atoms with van der Waals surface area (Å²) in [7, 11) is 0. The van der Waals surface area contributed by atoms with Crippen LogP contribution in [0, 0.1) is 0 Å². The zero-order chi connectivity index (χ0) is 15.5. The summed E-state index contributed by atoms with van der Waals surface area (Å²) in [4.78, 5) is 23.6. The lowest BCUT2D eigenvalue weighted by molar-refractivity contribution is 1.14. The fraction of sp³-hybridized carbons (Fsp3) is 0.100. The maximum absolute atomic E-state index is 11.8. The molecule has 0 bridgehead atoms. The molecule has 2 heteroatoms. The zero-order valence-electron chi connectivity index (χ0n) is 12.4. The smallest absolute Gasteiger partial charge is 0.234 e. The van der Waals surface area contributed by atoms with E-state index in [9.17, 15) is 9.59 Å². The monoisotopic (exact) mass is 288 g/mol. The van der Waals surface area contributed by atoms with Crippen LogP contribution in [0.4, 0.5) is 0 Å². The van der Waals surface area contributed by atoms with Crippen molar-refractivity contribution >= 4 is 12.2 Å². The molecule has 0 heterocycles. The standard InChI is InChI=1S/C20H16O2/c1-2-14-8-10-15(11-9-14)12-13-17-18(20(22)19(17)21)16-6-4-3-5-7-16/h3-13H,2H2,1H3/b13-12+. The largest absolute Gasteiger partial charge is 0.285 e. The molecule has 0 radical (unpaired) electrons.